The van der Waals surface area contributed by atoms with Gasteiger partial charge < -0.3 is 30.9 Å². The number of aliphatic hydroxyl groups is 1. The van der Waals surface area contributed by atoms with Crippen molar-refractivity contribution in [3.8, 4) is 0 Å². The number of β-amino-alcohol motifs (C(OH)–C–C–N with tert-alkyl or cyclic N) is 1. The average Bonchev–Trinajstić information content (AvgIpc) is 3.59. The molecule has 2 aromatic carbocycles. The zero-order valence-corrected chi connectivity index (χ0v) is 26.4. The van der Waals surface area contributed by atoms with Crippen LogP contribution in [0.5, 0.6) is 0 Å². The first-order chi connectivity index (χ1) is 21.5. The lowest BCUT2D eigenvalue weighted by molar-refractivity contribution is -0.162. The van der Waals surface area contributed by atoms with Crippen LogP contribution in [0.2, 0.25) is 5.02 Å². The van der Waals surface area contributed by atoms with Gasteiger partial charge in [0.05, 0.1) is 11.5 Å². The number of likely N-dealkylation sites (N-methyl/N-ethyl adjacent to an activating group) is 1. The minimum Gasteiger partial charge on any atom is -0.391 e. The van der Waals surface area contributed by atoms with Crippen LogP contribution in [0.1, 0.15) is 56.1 Å². The highest BCUT2D eigenvalue weighted by Gasteiger charge is 2.61. The van der Waals surface area contributed by atoms with Gasteiger partial charge in [0.25, 0.3) is 0 Å². The first kappa shape index (κ1) is 30.3. The van der Waals surface area contributed by atoms with Crippen LogP contribution in [0.15, 0.2) is 54.7 Å². The zero-order valence-electron chi connectivity index (χ0n) is 25.7. The Labute approximate surface area is 268 Å². The van der Waals surface area contributed by atoms with Crippen molar-refractivity contribution in [2.45, 2.75) is 81.6 Å². The van der Waals surface area contributed by atoms with Crippen LogP contribution in [0.4, 0.5) is 0 Å². The maximum Gasteiger partial charge on any atom is 0.245 e. The SMILES string of the molecule is CN(Cc1ccccc1Cl)C(=O)C(Cc1c[nH]c2ccccc12)NC(=O)C1CC(O)CN1C(=O)C12CC3CC(CC(N)(C3)C1)C2. The maximum atomic E-state index is 14.4. The molecule has 5 atom stereocenters. The van der Waals surface area contributed by atoms with Gasteiger partial charge in [-0.25, -0.2) is 0 Å². The highest BCUT2D eigenvalue weighted by atomic mass is 35.5. The van der Waals surface area contributed by atoms with Gasteiger partial charge in [-0.2, -0.15) is 0 Å². The third-order valence-corrected chi connectivity index (χ3v) is 11.2. The second-order valence-corrected chi connectivity index (χ2v) is 14.8. The zero-order chi connectivity index (χ0) is 31.5. The first-order valence-corrected chi connectivity index (χ1v) is 16.5. The topological polar surface area (TPSA) is 132 Å². The standard InChI is InChI=1S/C35H42ClN5O4/c1-40(18-23-6-2-4-8-27(23)36)32(44)29(11-24-17-38-28-9-5-3-7-26(24)28)39-31(43)30-12-25(42)19-41(30)33(45)34-13-21-10-22(14-34)16-35(37,15-21)20-34/h2-9,17,21-22,25,29-30,38,42H,10-16,18-20,37H2,1H3,(H,39,43). The van der Waals surface area contributed by atoms with Crippen LogP contribution < -0.4 is 11.1 Å². The lowest BCUT2D eigenvalue weighted by Crippen LogP contribution is -2.65. The van der Waals surface area contributed by atoms with Crippen LogP contribution in [-0.2, 0) is 27.3 Å². The van der Waals surface area contributed by atoms with Gasteiger partial charge in [-0.1, -0.05) is 48.0 Å². The Bertz CT molecular complexity index is 1620. The van der Waals surface area contributed by atoms with Gasteiger partial charge in [-0.3, -0.25) is 14.4 Å². The van der Waals surface area contributed by atoms with E-state index in [-0.39, 0.29) is 43.3 Å². The molecule has 4 aliphatic carbocycles. The van der Waals surface area contributed by atoms with Crippen molar-refractivity contribution < 1.29 is 19.5 Å². The van der Waals surface area contributed by atoms with E-state index in [9.17, 15) is 19.5 Å². The third-order valence-electron chi connectivity index (χ3n) is 10.9. The highest BCUT2D eigenvalue weighted by Crippen LogP contribution is 2.61. The molecule has 3 aromatic rings. The minimum absolute atomic E-state index is 0.0570. The molecule has 5 fully saturated rings. The number of hydrogen-bond donors (Lipinski definition) is 4. The monoisotopic (exact) mass is 631 g/mol. The molecule has 2 heterocycles. The largest absolute Gasteiger partial charge is 0.391 e. The Morgan fingerprint density at radius 3 is 2.51 bits per heavy atom. The summed E-state index contributed by atoms with van der Waals surface area (Å²) < 4.78 is 0. The van der Waals surface area contributed by atoms with E-state index in [2.05, 4.69) is 10.3 Å². The van der Waals surface area contributed by atoms with E-state index in [0.29, 0.717) is 23.3 Å². The van der Waals surface area contributed by atoms with E-state index >= 15 is 0 Å². The highest BCUT2D eigenvalue weighted by molar-refractivity contribution is 6.31. The van der Waals surface area contributed by atoms with Crippen molar-refractivity contribution in [2.24, 2.45) is 23.0 Å². The number of carbonyl (C=O) groups is 3. The molecule has 9 nitrogen and oxygen atoms in total. The van der Waals surface area contributed by atoms with Crippen LogP contribution in [0.25, 0.3) is 10.9 Å². The van der Waals surface area contributed by atoms with Crippen molar-refractivity contribution >= 4 is 40.2 Å². The number of aromatic amines is 1. The molecule has 3 amide bonds. The molecule has 1 aromatic heterocycles. The number of benzene rings is 2. The Kier molecular flexibility index (Phi) is 7.69. The number of fused-ring (bicyclic) bond motifs is 1. The van der Waals surface area contributed by atoms with E-state index in [1.807, 2.05) is 48.7 Å². The molecule has 0 radical (unpaired) electrons. The Balaban J connectivity index is 1.14. The molecular weight excluding hydrogens is 590 g/mol. The number of aliphatic hydroxyl groups excluding tert-OH is 1. The molecule has 1 saturated heterocycles. The summed E-state index contributed by atoms with van der Waals surface area (Å²) >= 11 is 6.40. The number of aromatic nitrogens is 1. The van der Waals surface area contributed by atoms with Crippen molar-refractivity contribution in [3.63, 3.8) is 0 Å². The fourth-order valence-corrected chi connectivity index (χ4v) is 9.59. The van der Waals surface area contributed by atoms with E-state index < -0.39 is 29.5 Å². The van der Waals surface area contributed by atoms with Crippen LogP contribution in [0, 0.1) is 17.3 Å². The molecule has 238 valence electrons. The van der Waals surface area contributed by atoms with Crippen molar-refractivity contribution in [1.29, 1.82) is 0 Å². The summed E-state index contributed by atoms with van der Waals surface area (Å²) in [6, 6.07) is 13.5. The van der Waals surface area contributed by atoms with Gasteiger partial charge in [-0.15, -0.1) is 0 Å². The van der Waals surface area contributed by atoms with E-state index in [1.54, 1.807) is 22.9 Å². The van der Waals surface area contributed by atoms with Gasteiger partial charge in [0, 0.05) is 60.6 Å². The number of amides is 3. The van der Waals surface area contributed by atoms with Gasteiger partial charge in [0.1, 0.15) is 12.1 Å². The predicted octanol–water partition coefficient (Wildman–Crippen LogP) is 3.77. The summed E-state index contributed by atoms with van der Waals surface area (Å²) in [6.07, 6.45) is 6.75. The molecule has 8 rings (SSSR count). The molecule has 5 N–H and O–H groups in total. The average molecular weight is 632 g/mol. The number of para-hydroxylation sites is 1. The first-order valence-electron chi connectivity index (χ1n) is 16.1. The smallest absolute Gasteiger partial charge is 0.245 e. The summed E-state index contributed by atoms with van der Waals surface area (Å²) in [7, 11) is 1.70. The number of nitrogens with zero attached hydrogens (tertiary/aromatic N) is 2. The fourth-order valence-electron chi connectivity index (χ4n) is 9.39. The number of nitrogens with two attached hydrogens (primary N) is 1. The number of nitrogens with one attached hydrogen (secondary N) is 2. The molecular formula is C35H42ClN5O4. The molecule has 5 unspecified atom stereocenters. The lowest BCUT2D eigenvalue weighted by Gasteiger charge is -2.60. The molecule has 4 saturated carbocycles. The van der Waals surface area contributed by atoms with Crippen LogP contribution >= 0.6 is 11.6 Å². The number of carbonyl (C=O) groups excluding carboxylic acids is 3. The molecule has 1 aliphatic heterocycles. The summed E-state index contributed by atoms with van der Waals surface area (Å²) in [5, 5.41) is 15.3. The van der Waals surface area contributed by atoms with Gasteiger partial charge >= 0.3 is 0 Å². The normalized spacial score (nSPS) is 30.9. The Morgan fingerprint density at radius 1 is 1.07 bits per heavy atom. The van der Waals surface area contributed by atoms with Crippen molar-refractivity contribution in [3.05, 3.63) is 70.9 Å². The lowest BCUT2D eigenvalue weighted by atomic mass is 9.46. The summed E-state index contributed by atoms with van der Waals surface area (Å²) in [5.74, 6) is 0.129. The third kappa shape index (κ3) is 5.64. The van der Waals surface area contributed by atoms with E-state index in [4.69, 9.17) is 17.3 Å². The Hall–Kier alpha value is -3.40. The number of halogens is 1. The number of hydrogen-bond acceptors (Lipinski definition) is 5. The number of rotatable bonds is 8. The fraction of sp³-hybridized carbons (Fsp3) is 0.514. The van der Waals surface area contributed by atoms with Crippen molar-refractivity contribution in [1.82, 2.24) is 20.1 Å². The second-order valence-electron chi connectivity index (χ2n) is 14.4. The molecule has 4 bridgehead atoms. The predicted molar refractivity (Wildman–Crippen MR) is 172 cm³/mol. The summed E-state index contributed by atoms with van der Waals surface area (Å²) in [6.45, 7) is 0.385. The van der Waals surface area contributed by atoms with Gasteiger partial charge in [0.2, 0.25) is 17.7 Å². The summed E-state index contributed by atoms with van der Waals surface area (Å²) in [4.78, 5) is 48.9. The van der Waals surface area contributed by atoms with Crippen LogP contribution in [0.3, 0.4) is 0 Å². The number of H-pyrrole nitrogens is 1. The maximum absolute atomic E-state index is 14.4. The van der Waals surface area contributed by atoms with E-state index in [0.717, 1.165) is 54.1 Å². The molecule has 0 spiro atoms. The quantitative estimate of drug-likeness (QED) is 0.301. The number of likely N-dealkylation sites (tertiary alicyclic amines) is 1. The van der Waals surface area contributed by atoms with Gasteiger partial charge in [-0.05, 0) is 73.6 Å². The minimum atomic E-state index is -0.897. The molecule has 10 heteroatoms. The van der Waals surface area contributed by atoms with Gasteiger partial charge in [0.15, 0.2) is 0 Å². The molecule has 45 heavy (non-hydrogen) atoms. The van der Waals surface area contributed by atoms with Crippen LogP contribution in [-0.4, -0.2) is 74.9 Å². The van der Waals surface area contributed by atoms with Crippen molar-refractivity contribution in [2.75, 3.05) is 13.6 Å². The summed E-state index contributed by atoms with van der Waals surface area (Å²) in [5.41, 5.74) is 8.56. The molecule has 5 aliphatic rings. The second kappa shape index (κ2) is 11.4. The van der Waals surface area contributed by atoms with E-state index in [1.165, 1.54) is 0 Å². The Morgan fingerprint density at radius 2 is 1.78 bits per heavy atom.